The van der Waals surface area contributed by atoms with Crippen molar-refractivity contribution in [2.75, 3.05) is 19.6 Å². The Morgan fingerprint density at radius 3 is 2.79 bits per heavy atom. The molecular weight excluding hydrogens is 328 g/mol. The first-order chi connectivity index (χ1) is 11.3. The number of hydrogen-bond donors (Lipinski definition) is 1. The maximum atomic E-state index is 12.6. The van der Waals surface area contributed by atoms with Crippen LogP contribution in [0.25, 0.3) is 0 Å². The van der Waals surface area contributed by atoms with Crippen LogP contribution < -0.4 is 5.32 Å². The molecule has 1 aromatic heterocycles. The number of urea groups is 1. The number of nitrogens with zero attached hydrogens (tertiary/aromatic N) is 3. The number of aromatic nitrogens is 1. The Bertz CT molecular complexity index is 685. The summed E-state index contributed by atoms with van der Waals surface area (Å²) in [5, 5.41) is 3.65. The lowest BCUT2D eigenvalue weighted by molar-refractivity contribution is -0.139. The highest BCUT2D eigenvalue weighted by Gasteiger charge is 2.45. The molecule has 24 heavy (non-hydrogen) atoms. The van der Waals surface area contributed by atoms with Gasteiger partial charge in [0.05, 0.1) is 5.01 Å². The van der Waals surface area contributed by atoms with Crippen molar-refractivity contribution in [3.8, 4) is 0 Å². The van der Waals surface area contributed by atoms with Gasteiger partial charge < -0.3 is 10.2 Å². The van der Waals surface area contributed by atoms with Crippen LogP contribution in [-0.2, 0) is 9.59 Å². The molecule has 0 bridgehead atoms. The molecule has 0 saturated carbocycles. The van der Waals surface area contributed by atoms with Crippen LogP contribution in [0.15, 0.2) is 6.20 Å². The van der Waals surface area contributed by atoms with E-state index in [1.165, 1.54) is 0 Å². The van der Waals surface area contributed by atoms with Crippen LogP contribution in [0.3, 0.4) is 0 Å². The zero-order valence-corrected chi connectivity index (χ0v) is 15.0. The van der Waals surface area contributed by atoms with Crippen molar-refractivity contribution < 1.29 is 14.4 Å². The van der Waals surface area contributed by atoms with Crippen molar-refractivity contribution in [1.29, 1.82) is 0 Å². The third-order valence-corrected chi connectivity index (χ3v) is 5.58. The molecule has 2 aliphatic heterocycles. The van der Waals surface area contributed by atoms with E-state index in [4.69, 9.17) is 0 Å². The highest BCUT2D eigenvalue weighted by atomic mass is 32.1. The Morgan fingerprint density at radius 2 is 2.21 bits per heavy atom. The number of rotatable bonds is 3. The van der Waals surface area contributed by atoms with Crippen molar-refractivity contribution in [2.24, 2.45) is 0 Å². The van der Waals surface area contributed by atoms with Crippen molar-refractivity contribution in [3.63, 3.8) is 0 Å². The number of nitrogens with one attached hydrogen (secondary N) is 1. The normalized spacial score (nSPS) is 23.5. The molecule has 1 N–H and O–H groups in total. The summed E-state index contributed by atoms with van der Waals surface area (Å²) in [5.41, 5.74) is -0.944. The number of piperidine rings is 1. The topological polar surface area (TPSA) is 82.6 Å². The zero-order valence-electron chi connectivity index (χ0n) is 14.2. The van der Waals surface area contributed by atoms with E-state index in [9.17, 15) is 14.4 Å². The molecule has 4 amide bonds. The Hall–Kier alpha value is -1.96. The summed E-state index contributed by atoms with van der Waals surface area (Å²) in [6.45, 7) is 6.36. The van der Waals surface area contributed by atoms with Gasteiger partial charge in [-0.05, 0) is 33.6 Å². The molecule has 0 aliphatic carbocycles. The largest absolute Gasteiger partial charge is 0.340 e. The molecule has 2 saturated heterocycles. The summed E-state index contributed by atoms with van der Waals surface area (Å²) in [6.07, 6.45) is 3.77. The van der Waals surface area contributed by atoms with E-state index in [0.717, 1.165) is 27.6 Å². The minimum Gasteiger partial charge on any atom is -0.340 e. The summed E-state index contributed by atoms with van der Waals surface area (Å²) >= 11 is 1.66. The van der Waals surface area contributed by atoms with Crippen LogP contribution in [0.5, 0.6) is 0 Å². The van der Waals surface area contributed by atoms with E-state index in [1.54, 1.807) is 30.1 Å². The maximum absolute atomic E-state index is 12.6. The van der Waals surface area contributed by atoms with E-state index in [-0.39, 0.29) is 24.3 Å². The lowest BCUT2D eigenvalue weighted by Gasteiger charge is -2.32. The van der Waals surface area contributed by atoms with Crippen LogP contribution >= 0.6 is 11.3 Å². The zero-order chi connectivity index (χ0) is 17.5. The molecule has 130 valence electrons. The first-order valence-corrected chi connectivity index (χ1v) is 8.94. The van der Waals surface area contributed by atoms with Crippen LogP contribution in [0.1, 0.15) is 42.5 Å². The summed E-state index contributed by atoms with van der Waals surface area (Å²) in [4.78, 5) is 45.1. The molecule has 7 nitrogen and oxygen atoms in total. The Morgan fingerprint density at radius 1 is 1.46 bits per heavy atom. The number of carbonyl (C=O) groups is 3. The number of aryl methyl sites for hydroxylation is 1. The second-order valence-corrected chi connectivity index (χ2v) is 8.20. The Kier molecular flexibility index (Phi) is 4.33. The summed E-state index contributed by atoms with van der Waals surface area (Å²) in [6, 6.07) is -0.498. The molecular formula is C16H22N4O3S. The average Bonchev–Trinajstić information content (AvgIpc) is 3.04. The van der Waals surface area contributed by atoms with Gasteiger partial charge in [0.1, 0.15) is 12.1 Å². The highest BCUT2D eigenvalue weighted by molar-refractivity contribution is 7.11. The Balaban J connectivity index is 1.65. The second-order valence-electron chi connectivity index (χ2n) is 6.93. The molecule has 0 aromatic carbocycles. The van der Waals surface area contributed by atoms with Crippen molar-refractivity contribution in [3.05, 3.63) is 16.1 Å². The number of hydrogen-bond acceptors (Lipinski definition) is 5. The fourth-order valence-corrected chi connectivity index (χ4v) is 4.06. The molecule has 0 radical (unpaired) electrons. The van der Waals surface area contributed by atoms with E-state index in [2.05, 4.69) is 10.3 Å². The molecule has 0 unspecified atom stereocenters. The minimum atomic E-state index is -0.944. The smallest absolute Gasteiger partial charge is 0.325 e. The fraction of sp³-hybridized carbons (Fsp3) is 0.625. The van der Waals surface area contributed by atoms with Crippen LogP contribution in [0.2, 0.25) is 0 Å². The predicted molar refractivity (Wildman–Crippen MR) is 89.7 cm³/mol. The molecule has 3 heterocycles. The average molecular weight is 350 g/mol. The monoisotopic (exact) mass is 350 g/mol. The number of carbonyl (C=O) groups excluding carboxylic acids is 3. The molecule has 1 aromatic rings. The second kappa shape index (κ2) is 6.16. The van der Waals surface area contributed by atoms with Gasteiger partial charge in [0.2, 0.25) is 5.91 Å². The summed E-state index contributed by atoms with van der Waals surface area (Å²) in [7, 11) is 0. The van der Waals surface area contributed by atoms with Gasteiger partial charge in [-0.1, -0.05) is 0 Å². The fourth-order valence-electron chi connectivity index (χ4n) is 3.16. The van der Waals surface area contributed by atoms with Gasteiger partial charge in [-0.15, -0.1) is 11.3 Å². The maximum Gasteiger partial charge on any atom is 0.325 e. The van der Waals surface area contributed by atoms with Gasteiger partial charge in [0, 0.05) is 30.1 Å². The molecule has 3 rings (SSSR count). The van der Waals surface area contributed by atoms with Gasteiger partial charge in [0.25, 0.3) is 5.91 Å². The van der Waals surface area contributed by atoms with Gasteiger partial charge >= 0.3 is 6.03 Å². The predicted octanol–water partition coefficient (Wildman–Crippen LogP) is 1.49. The van der Waals surface area contributed by atoms with E-state index < -0.39 is 11.6 Å². The first-order valence-electron chi connectivity index (χ1n) is 8.12. The standard InChI is InChI=1S/C16H22N4O3S/c1-10-7-17-13(24-10)11-5-4-6-19(8-11)12(21)9-20-14(22)16(2,3)18-15(20)23/h7,11H,4-6,8-9H2,1-3H3,(H,18,23)/t11-/m0/s1. The number of likely N-dealkylation sites (tertiary alicyclic amines) is 1. The van der Waals surface area contributed by atoms with Crippen LogP contribution in [0, 0.1) is 6.92 Å². The lowest BCUT2D eigenvalue weighted by atomic mass is 9.98. The number of amides is 4. The molecule has 0 spiro atoms. The van der Waals surface area contributed by atoms with Gasteiger partial charge in [-0.3, -0.25) is 14.5 Å². The van der Waals surface area contributed by atoms with E-state index >= 15 is 0 Å². The summed E-state index contributed by atoms with van der Waals surface area (Å²) in [5.74, 6) is -0.305. The SMILES string of the molecule is Cc1cnc([C@H]2CCCN(C(=O)CN3C(=O)NC(C)(C)C3=O)C2)s1. The highest BCUT2D eigenvalue weighted by Crippen LogP contribution is 2.30. The third kappa shape index (κ3) is 3.15. The Labute approximate surface area is 145 Å². The lowest BCUT2D eigenvalue weighted by Crippen LogP contribution is -2.47. The summed E-state index contributed by atoms with van der Waals surface area (Å²) < 4.78 is 0. The number of thiazole rings is 1. The van der Waals surface area contributed by atoms with E-state index in [1.807, 2.05) is 13.1 Å². The molecule has 8 heteroatoms. The van der Waals surface area contributed by atoms with Crippen molar-refractivity contribution in [1.82, 2.24) is 20.1 Å². The van der Waals surface area contributed by atoms with E-state index in [0.29, 0.717) is 13.1 Å². The molecule has 1 atom stereocenters. The van der Waals surface area contributed by atoms with Crippen molar-refractivity contribution in [2.45, 2.75) is 45.1 Å². The van der Waals surface area contributed by atoms with Crippen LogP contribution in [0.4, 0.5) is 4.79 Å². The minimum absolute atomic E-state index is 0.186. The first kappa shape index (κ1) is 16.9. The third-order valence-electron chi connectivity index (χ3n) is 4.50. The van der Waals surface area contributed by atoms with Gasteiger partial charge in [-0.2, -0.15) is 0 Å². The molecule has 2 fully saturated rings. The molecule has 2 aliphatic rings. The van der Waals surface area contributed by atoms with Gasteiger partial charge in [0.15, 0.2) is 0 Å². The van der Waals surface area contributed by atoms with Crippen molar-refractivity contribution >= 4 is 29.2 Å². The quantitative estimate of drug-likeness (QED) is 0.837. The number of imide groups is 1. The van der Waals surface area contributed by atoms with Gasteiger partial charge in [-0.25, -0.2) is 9.78 Å². The van der Waals surface area contributed by atoms with Crippen LogP contribution in [-0.4, -0.2) is 57.8 Å².